The summed E-state index contributed by atoms with van der Waals surface area (Å²) in [6.07, 6.45) is -4.50. The first-order valence-corrected chi connectivity index (χ1v) is 12.6. The lowest BCUT2D eigenvalue weighted by molar-refractivity contribution is -0.304. The maximum atomic E-state index is 12.9. The number of aliphatic hydroxyl groups is 5. The van der Waals surface area contributed by atoms with E-state index in [9.17, 15) is 35.4 Å². The fraction of sp³-hybridized carbons (Fsp3) is 0.731. The molecule has 200 valence electrons. The first-order valence-electron chi connectivity index (χ1n) is 12.6. The van der Waals surface area contributed by atoms with Crippen molar-refractivity contribution in [3.63, 3.8) is 0 Å². The number of aliphatic hydroxyl groups excluding tert-OH is 5. The Morgan fingerprint density at radius 3 is 2.47 bits per heavy atom. The van der Waals surface area contributed by atoms with Crippen LogP contribution >= 0.6 is 0 Å². The number of fused-ring (bicyclic) bond motifs is 5. The first-order chi connectivity index (χ1) is 16.9. The van der Waals surface area contributed by atoms with Gasteiger partial charge in [-0.1, -0.05) is 27.2 Å². The minimum absolute atomic E-state index is 0.0496. The van der Waals surface area contributed by atoms with E-state index in [2.05, 4.69) is 20.8 Å². The number of cyclic esters (lactones) is 1. The summed E-state index contributed by atoms with van der Waals surface area (Å²) in [4.78, 5) is 12.9. The van der Waals surface area contributed by atoms with Gasteiger partial charge in [-0.3, -0.25) is 0 Å². The van der Waals surface area contributed by atoms with Crippen LogP contribution in [0.2, 0.25) is 0 Å². The molecule has 10 heteroatoms. The topological polar surface area (TPSA) is 166 Å². The van der Waals surface area contributed by atoms with Crippen molar-refractivity contribution in [1.82, 2.24) is 0 Å². The molecule has 0 aromatic heterocycles. The highest BCUT2D eigenvalue weighted by Crippen LogP contribution is 2.60. The van der Waals surface area contributed by atoms with Gasteiger partial charge in [-0.25, -0.2) is 4.79 Å². The van der Waals surface area contributed by atoms with Crippen LogP contribution < -0.4 is 0 Å². The predicted molar refractivity (Wildman–Crippen MR) is 124 cm³/mol. The van der Waals surface area contributed by atoms with E-state index in [0.29, 0.717) is 23.5 Å². The van der Waals surface area contributed by atoms with E-state index >= 15 is 0 Å². The van der Waals surface area contributed by atoms with Crippen LogP contribution in [0.5, 0.6) is 5.75 Å². The fourth-order valence-corrected chi connectivity index (χ4v) is 7.39. The van der Waals surface area contributed by atoms with Gasteiger partial charge >= 0.3 is 5.97 Å². The number of aromatic hydroxyl groups is 1. The Kier molecular flexibility index (Phi) is 6.39. The average Bonchev–Trinajstić information content (AvgIpc) is 3.11. The van der Waals surface area contributed by atoms with E-state index in [0.717, 1.165) is 31.2 Å². The molecule has 2 aliphatic carbocycles. The SMILES string of the molecule is CC1(C)CCC[C@]2(C)c3c(c(O)c(CO[C@@H]4O[C@H](CO)[C@@H](O)[C@H](O)[C@H]4O)c4c3[C@@H](O)OC4=O)CC[C@@H]12. The number of esters is 1. The van der Waals surface area contributed by atoms with Gasteiger partial charge < -0.3 is 44.8 Å². The van der Waals surface area contributed by atoms with Gasteiger partial charge in [-0.15, -0.1) is 0 Å². The molecule has 0 radical (unpaired) electrons. The Morgan fingerprint density at radius 1 is 1.06 bits per heavy atom. The van der Waals surface area contributed by atoms with Crippen molar-refractivity contribution in [1.29, 1.82) is 0 Å². The summed E-state index contributed by atoms with van der Waals surface area (Å²) in [6, 6.07) is 0. The number of carbonyl (C=O) groups is 1. The number of phenolic OH excluding ortho intramolecular Hbond substituents is 1. The lowest BCUT2D eigenvalue weighted by Crippen LogP contribution is -2.59. The highest BCUT2D eigenvalue weighted by Gasteiger charge is 2.54. The lowest BCUT2D eigenvalue weighted by atomic mass is 9.49. The van der Waals surface area contributed by atoms with Crippen LogP contribution in [-0.4, -0.2) is 73.9 Å². The molecule has 10 nitrogen and oxygen atoms in total. The normalized spacial score (nSPS) is 39.2. The minimum Gasteiger partial charge on any atom is -0.507 e. The van der Waals surface area contributed by atoms with Crippen LogP contribution in [0.3, 0.4) is 0 Å². The smallest absolute Gasteiger partial charge is 0.341 e. The van der Waals surface area contributed by atoms with Crippen LogP contribution in [-0.2, 0) is 32.7 Å². The zero-order chi connectivity index (χ0) is 26.2. The molecule has 4 aliphatic rings. The fourth-order valence-electron chi connectivity index (χ4n) is 7.39. The van der Waals surface area contributed by atoms with Gasteiger partial charge in [0.15, 0.2) is 6.29 Å². The van der Waals surface area contributed by atoms with Crippen molar-refractivity contribution in [3.8, 4) is 5.75 Å². The third-order valence-electron chi connectivity index (χ3n) is 9.11. The molecule has 0 bridgehead atoms. The van der Waals surface area contributed by atoms with Crippen LogP contribution in [0.4, 0.5) is 0 Å². The second-order valence-electron chi connectivity index (χ2n) is 11.6. The van der Waals surface area contributed by atoms with Crippen LogP contribution in [0.15, 0.2) is 0 Å². The molecule has 0 unspecified atom stereocenters. The molecule has 1 aromatic carbocycles. The molecule has 8 atom stereocenters. The van der Waals surface area contributed by atoms with Gasteiger partial charge in [-0.05, 0) is 53.6 Å². The number of hydrogen-bond donors (Lipinski definition) is 6. The summed E-state index contributed by atoms with van der Waals surface area (Å²) in [6.45, 7) is 5.65. The van der Waals surface area contributed by atoms with E-state index in [1.165, 1.54) is 0 Å². The molecule has 6 N–H and O–H groups in total. The second-order valence-corrected chi connectivity index (χ2v) is 11.6. The van der Waals surface area contributed by atoms with Gasteiger partial charge in [0.05, 0.1) is 18.8 Å². The zero-order valence-corrected chi connectivity index (χ0v) is 20.8. The quantitative estimate of drug-likeness (QED) is 0.322. The van der Waals surface area contributed by atoms with Gasteiger partial charge in [-0.2, -0.15) is 0 Å². The summed E-state index contributed by atoms with van der Waals surface area (Å²) in [5.41, 5.74) is 1.68. The summed E-state index contributed by atoms with van der Waals surface area (Å²) < 4.78 is 16.3. The van der Waals surface area contributed by atoms with Crippen molar-refractivity contribution in [2.75, 3.05) is 6.61 Å². The molecule has 1 aromatic rings. The van der Waals surface area contributed by atoms with Crippen LogP contribution in [0.25, 0.3) is 0 Å². The standard InChI is InChI=1S/C26H36O10/c1-25(2)7-4-8-26(3)14(25)6-5-11-17(26)16-15(22(32)36-23(16)33)12(18(11)28)10-34-24-21(31)20(30)19(29)13(9-27)35-24/h13-14,19-21,23-24,27-31,33H,4-10H2,1-3H3/t13-,14+,19-,20+,21-,23+,24-,26+/m1/s1. The molecule has 5 rings (SSSR count). The van der Waals surface area contributed by atoms with Crippen molar-refractivity contribution < 1.29 is 49.6 Å². The molecule has 2 heterocycles. The highest BCUT2D eigenvalue weighted by molar-refractivity contribution is 5.97. The first kappa shape index (κ1) is 25.8. The third-order valence-corrected chi connectivity index (χ3v) is 9.11. The Labute approximate surface area is 209 Å². The Bertz CT molecular complexity index is 1050. The molecule has 1 saturated heterocycles. The highest BCUT2D eigenvalue weighted by atomic mass is 16.7. The largest absolute Gasteiger partial charge is 0.507 e. The van der Waals surface area contributed by atoms with Crippen molar-refractivity contribution in [2.45, 2.75) is 102 Å². The van der Waals surface area contributed by atoms with Crippen molar-refractivity contribution in [3.05, 3.63) is 27.8 Å². The Balaban J connectivity index is 1.56. The van der Waals surface area contributed by atoms with E-state index in [1.807, 2.05) is 0 Å². The minimum atomic E-state index is -1.63. The van der Waals surface area contributed by atoms with Crippen LogP contribution in [0, 0.1) is 11.3 Å². The predicted octanol–water partition coefficient (Wildman–Crippen LogP) is 0.900. The second kappa shape index (κ2) is 8.90. The number of hydrogen-bond acceptors (Lipinski definition) is 10. The molecule has 2 fully saturated rings. The van der Waals surface area contributed by atoms with E-state index < -0.39 is 56.2 Å². The maximum absolute atomic E-state index is 12.9. The number of phenols is 1. The van der Waals surface area contributed by atoms with Crippen molar-refractivity contribution >= 4 is 5.97 Å². The number of rotatable bonds is 4. The number of carbonyl (C=O) groups excluding carboxylic acids is 1. The molecular weight excluding hydrogens is 472 g/mol. The Morgan fingerprint density at radius 2 is 1.78 bits per heavy atom. The van der Waals surface area contributed by atoms with Crippen LogP contribution in [0.1, 0.15) is 85.4 Å². The monoisotopic (exact) mass is 508 g/mol. The molecule has 0 spiro atoms. The molecule has 0 amide bonds. The molecule has 2 aliphatic heterocycles. The maximum Gasteiger partial charge on any atom is 0.341 e. The lowest BCUT2D eigenvalue weighted by Gasteiger charge is -2.55. The van der Waals surface area contributed by atoms with Crippen molar-refractivity contribution in [2.24, 2.45) is 11.3 Å². The summed E-state index contributed by atoms with van der Waals surface area (Å²) in [7, 11) is 0. The summed E-state index contributed by atoms with van der Waals surface area (Å²) in [5, 5.41) is 62.1. The summed E-state index contributed by atoms with van der Waals surface area (Å²) >= 11 is 0. The van der Waals surface area contributed by atoms with E-state index in [1.54, 1.807) is 0 Å². The zero-order valence-electron chi connectivity index (χ0n) is 20.8. The summed E-state index contributed by atoms with van der Waals surface area (Å²) in [5.74, 6) is -0.583. The van der Waals surface area contributed by atoms with Gasteiger partial charge in [0.25, 0.3) is 0 Å². The average molecular weight is 509 g/mol. The third kappa shape index (κ3) is 3.69. The number of benzene rings is 1. The molecular formula is C26H36O10. The van der Waals surface area contributed by atoms with Gasteiger partial charge in [0, 0.05) is 11.1 Å². The Hall–Kier alpha value is -1.79. The van der Waals surface area contributed by atoms with Gasteiger partial charge in [0.2, 0.25) is 6.29 Å². The molecule has 36 heavy (non-hydrogen) atoms. The number of ether oxygens (including phenoxy) is 3. The van der Waals surface area contributed by atoms with E-state index in [4.69, 9.17) is 14.2 Å². The van der Waals surface area contributed by atoms with Gasteiger partial charge in [0.1, 0.15) is 30.2 Å². The van der Waals surface area contributed by atoms with E-state index in [-0.39, 0.29) is 27.7 Å². The molecule has 1 saturated carbocycles.